The number of carbonyl (C=O) groups is 1. The molecule has 3 fully saturated rings. The van der Waals surface area contributed by atoms with Gasteiger partial charge in [-0.25, -0.2) is 4.79 Å². The van der Waals surface area contributed by atoms with Crippen molar-refractivity contribution in [2.45, 2.75) is 64.3 Å². The Morgan fingerprint density at radius 3 is 2.48 bits per heavy atom. The fourth-order valence-electron chi connectivity index (χ4n) is 3.74. The maximum absolute atomic E-state index is 12.3. The molecule has 4 rings (SSSR count). The van der Waals surface area contributed by atoms with Gasteiger partial charge in [0, 0.05) is 0 Å². The van der Waals surface area contributed by atoms with Gasteiger partial charge in [0.1, 0.15) is 11.7 Å². The lowest BCUT2D eigenvalue weighted by Crippen LogP contribution is -2.62. The second-order valence-corrected chi connectivity index (χ2v) is 7.25. The van der Waals surface area contributed by atoms with Crippen molar-refractivity contribution in [2.75, 3.05) is 0 Å². The smallest absolute Gasteiger partial charge is 0.338 e. The van der Waals surface area contributed by atoms with Crippen molar-refractivity contribution in [3.63, 3.8) is 0 Å². The van der Waals surface area contributed by atoms with E-state index in [1.807, 2.05) is 31.2 Å². The first-order chi connectivity index (χ1) is 9.80. The highest BCUT2D eigenvalue weighted by Gasteiger charge is 2.55. The average molecular weight is 288 g/mol. The molecule has 3 atom stereocenters. The Kier molecular flexibility index (Phi) is 3.36. The van der Waals surface area contributed by atoms with Crippen LogP contribution < -0.4 is 0 Å². The summed E-state index contributed by atoms with van der Waals surface area (Å²) in [5, 5.41) is 0. The predicted molar refractivity (Wildman–Crippen MR) is 81.3 cm³/mol. The first-order valence-electron chi connectivity index (χ1n) is 7.78. The van der Waals surface area contributed by atoms with Crippen LogP contribution in [0.2, 0.25) is 0 Å². The van der Waals surface area contributed by atoms with E-state index in [1.165, 1.54) is 0 Å². The zero-order valence-electron chi connectivity index (χ0n) is 13.3. The van der Waals surface area contributed by atoms with Gasteiger partial charge in [-0.1, -0.05) is 17.7 Å². The minimum absolute atomic E-state index is 0.111. The third kappa shape index (κ3) is 2.59. The van der Waals surface area contributed by atoms with Gasteiger partial charge in [0.15, 0.2) is 0 Å². The number of hydrogen-bond donors (Lipinski definition) is 0. The van der Waals surface area contributed by atoms with Crippen molar-refractivity contribution in [1.29, 1.82) is 0 Å². The molecule has 3 unspecified atom stereocenters. The Bertz CT molecular complexity index is 546. The number of hydrogen-bond acceptors (Lipinski definition) is 3. The first kappa shape index (κ1) is 14.6. The number of carbonyl (C=O) groups excluding carboxylic acids is 1. The second kappa shape index (κ2) is 4.84. The van der Waals surface area contributed by atoms with Gasteiger partial charge in [0.05, 0.1) is 11.2 Å². The van der Waals surface area contributed by atoms with Crippen LogP contribution in [0, 0.1) is 12.8 Å². The van der Waals surface area contributed by atoms with E-state index >= 15 is 0 Å². The molecule has 1 aromatic rings. The van der Waals surface area contributed by atoms with E-state index in [9.17, 15) is 4.79 Å². The molecule has 1 aliphatic carbocycles. The zero-order valence-corrected chi connectivity index (χ0v) is 13.3. The highest BCUT2D eigenvalue weighted by molar-refractivity contribution is 5.89. The minimum atomic E-state index is -0.349. The molecule has 114 valence electrons. The molecule has 1 aromatic carbocycles. The third-order valence-corrected chi connectivity index (χ3v) is 5.18. The summed E-state index contributed by atoms with van der Waals surface area (Å²) in [6.45, 7) is 8.38. The summed E-state index contributed by atoms with van der Waals surface area (Å²) in [6, 6.07) is 7.52. The molecule has 2 heterocycles. The van der Waals surface area contributed by atoms with Crippen LogP contribution in [0.1, 0.15) is 56.0 Å². The monoisotopic (exact) mass is 288 g/mol. The molecule has 0 N–H and O–H groups in total. The van der Waals surface area contributed by atoms with Crippen LogP contribution in [-0.2, 0) is 9.47 Å². The minimum Gasteiger partial charge on any atom is -0.456 e. The zero-order chi connectivity index (χ0) is 15.3. The van der Waals surface area contributed by atoms with Gasteiger partial charge >= 0.3 is 5.97 Å². The molecular formula is C18H24O3. The fraction of sp³-hybridized carbons (Fsp3) is 0.611. The SMILES string of the molecule is Cc1ccc(C(=O)OC2CC3CCC2(C)OC3(C)C)cc1. The van der Waals surface area contributed by atoms with Crippen LogP contribution in [-0.4, -0.2) is 23.3 Å². The Hall–Kier alpha value is -1.35. The fourth-order valence-corrected chi connectivity index (χ4v) is 3.74. The molecule has 2 bridgehead atoms. The quantitative estimate of drug-likeness (QED) is 0.775. The number of rotatable bonds is 2. The Balaban J connectivity index is 1.74. The number of benzene rings is 1. The van der Waals surface area contributed by atoms with E-state index in [2.05, 4.69) is 20.8 Å². The van der Waals surface area contributed by atoms with Crippen molar-refractivity contribution < 1.29 is 14.3 Å². The van der Waals surface area contributed by atoms with E-state index in [4.69, 9.17) is 9.47 Å². The van der Waals surface area contributed by atoms with Gasteiger partial charge in [-0.15, -0.1) is 0 Å². The van der Waals surface area contributed by atoms with E-state index in [1.54, 1.807) is 0 Å². The summed E-state index contributed by atoms with van der Waals surface area (Å²) < 4.78 is 12.0. The Morgan fingerprint density at radius 2 is 1.90 bits per heavy atom. The molecular weight excluding hydrogens is 264 g/mol. The molecule has 21 heavy (non-hydrogen) atoms. The molecule has 0 spiro atoms. The number of esters is 1. The van der Waals surface area contributed by atoms with Gasteiger partial charge in [-0.3, -0.25) is 0 Å². The highest BCUT2D eigenvalue weighted by atomic mass is 16.6. The molecule has 2 aliphatic heterocycles. The van der Waals surface area contributed by atoms with Crippen LogP contribution in [0.25, 0.3) is 0 Å². The van der Waals surface area contributed by atoms with Crippen LogP contribution in [0.5, 0.6) is 0 Å². The van der Waals surface area contributed by atoms with Crippen LogP contribution in [0.4, 0.5) is 0 Å². The second-order valence-electron chi connectivity index (χ2n) is 7.25. The first-order valence-corrected chi connectivity index (χ1v) is 7.78. The van der Waals surface area contributed by atoms with Gasteiger partial charge in [0.25, 0.3) is 0 Å². The molecule has 0 amide bonds. The van der Waals surface area contributed by atoms with Gasteiger partial charge in [-0.05, 0) is 65.0 Å². The molecule has 2 saturated heterocycles. The third-order valence-electron chi connectivity index (χ3n) is 5.18. The van der Waals surface area contributed by atoms with Crippen molar-refractivity contribution in [3.05, 3.63) is 35.4 Å². The van der Waals surface area contributed by atoms with Crippen molar-refractivity contribution in [3.8, 4) is 0 Å². The Labute approximate surface area is 126 Å². The van der Waals surface area contributed by atoms with Crippen LogP contribution in [0.3, 0.4) is 0 Å². The Morgan fingerprint density at radius 1 is 1.24 bits per heavy atom. The summed E-state index contributed by atoms with van der Waals surface area (Å²) in [6.07, 6.45) is 2.88. The van der Waals surface area contributed by atoms with Crippen molar-refractivity contribution in [1.82, 2.24) is 0 Å². The molecule has 1 saturated carbocycles. The standard InChI is InChI=1S/C18H24O3/c1-12-5-7-13(8-6-12)16(19)20-15-11-14-9-10-18(15,4)21-17(14,2)3/h5-8,14-15H,9-11H2,1-4H3. The lowest BCUT2D eigenvalue weighted by Gasteiger charge is -2.56. The predicted octanol–water partition coefficient (Wildman–Crippen LogP) is 3.89. The lowest BCUT2D eigenvalue weighted by molar-refractivity contribution is -0.272. The van der Waals surface area contributed by atoms with Crippen LogP contribution >= 0.6 is 0 Å². The van der Waals surface area contributed by atoms with Crippen molar-refractivity contribution >= 4 is 5.97 Å². The van der Waals surface area contributed by atoms with Gasteiger partial charge < -0.3 is 9.47 Å². The van der Waals surface area contributed by atoms with E-state index in [0.29, 0.717) is 11.5 Å². The van der Waals surface area contributed by atoms with E-state index in [0.717, 1.165) is 24.8 Å². The van der Waals surface area contributed by atoms with Crippen LogP contribution in [0.15, 0.2) is 24.3 Å². The molecule has 3 nitrogen and oxygen atoms in total. The van der Waals surface area contributed by atoms with E-state index in [-0.39, 0.29) is 23.3 Å². The molecule has 0 radical (unpaired) electrons. The highest BCUT2D eigenvalue weighted by Crippen LogP contribution is 2.50. The maximum Gasteiger partial charge on any atom is 0.338 e. The molecule has 3 aliphatic rings. The molecule has 0 aromatic heterocycles. The topological polar surface area (TPSA) is 35.5 Å². The number of fused-ring (bicyclic) bond motifs is 3. The number of aryl methyl sites for hydroxylation is 1. The largest absolute Gasteiger partial charge is 0.456 e. The summed E-state index contributed by atoms with van der Waals surface area (Å²) >= 11 is 0. The average Bonchev–Trinajstić information content (AvgIpc) is 2.40. The van der Waals surface area contributed by atoms with Gasteiger partial charge in [0.2, 0.25) is 0 Å². The number of ether oxygens (including phenoxy) is 2. The van der Waals surface area contributed by atoms with Crippen molar-refractivity contribution in [2.24, 2.45) is 5.92 Å². The summed E-state index contributed by atoms with van der Waals surface area (Å²) in [4.78, 5) is 12.3. The summed E-state index contributed by atoms with van der Waals surface area (Å²) in [7, 11) is 0. The lowest BCUT2D eigenvalue weighted by atomic mass is 9.67. The van der Waals surface area contributed by atoms with Gasteiger partial charge in [-0.2, -0.15) is 0 Å². The maximum atomic E-state index is 12.3. The molecule has 3 heteroatoms. The normalized spacial score (nSPS) is 33.7. The summed E-state index contributed by atoms with van der Waals surface area (Å²) in [5.41, 5.74) is 1.29. The summed E-state index contributed by atoms with van der Waals surface area (Å²) in [5.74, 6) is 0.227. The van der Waals surface area contributed by atoms with E-state index < -0.39 is 0 Å².